The summed E-state index contributed by atoms with van der Waals surface area (Å²) in [7, 11) is 0. The zero-order valence-corrected chi connectivity index (χ0v) is 9.96. The van der Waals surface area contributed by atoms with Crippen molar-refractivity contribution in [3.8, 4) is 6.07 Å². The number of carbonyl (C=O) groups is 1. The summed E-state index contributed by atoms with van der Waals surface area (Å²) in [5.41, 5.74) is 0. The van der Waals surface area contributed by atoms with Crippen molar-refractivity contribution in [1.29, 1.82) is 5.26 Å². The number of aliphatic carboxylic acids is 1. The Morgan fingerprint density at radius 3 is 2.07 bits per heavy atom. The molecule has 0 unspecified atom stereocenters. The van der Waals surface area contributed by atoms with Crippen molar-refractivity contribution in [3.63, 3.8) is 0 Å². The summed E-state index contributed by atoms with van der Waals surface area (Å²) in [5, 5.41) is 16.2. The molecule has 3 heteroatoms. The van der Waals surface area contributed by atoms with E-state index in [-0.39, 0.29) is 0 Å². The van der Waals surface area contributed by atoms with Crippen molar-refractivity contribution < 1.29 is 9.90 Å². The standard InChI is InChI=1S/C6H11N.C6H12O2/c1-2-3-4-5-6-7;1-2-3-4-5-6(7)8/h2-5H2,1H3;2-5H2,1H3,(H,7,8). The second kappa shape index (κ2) is 15.4. The minimum Gasteiger partial charge on any atom is -0.481 e. The molecule has 88 valence electrons. The smallest absolute Gasteiger partial charge is 0.303 e. The van der Waals surface area contributed by atoms with E-state index in [0.717, 1.165) is 32.1 Å². The Balaban J connectivity index is 0. The molecule has 0 aromatic rings. The van der Waals surface area contributed by atoms with Gasteiger partial charge in [0.2, 0.25) is 0 Å². The number of carboxylic acid groups (broad SMARTS) is 1. The number of hydrogen-bond acceptors (Lipinski definition) is 2. The van der Waals surface area contributed by atoms with E-state index in [1.54, 1.807) is 0 Å². The van der Waals surface area contributed by atoms with Gasteiger partial charge >= 0.3 is 5.97 Å². The molecule has 0 atom stereocenters. The Labute approximate surface area is 93.1 Å². The van der Waals surface area contributed by atoms with Crippen molar-refractivity contribution in [2.45, 2.75) is 65.2 Å². The monoisotopic (exact) mass is 213 g/mol. The molecule has 3 nitrogen and oxygen atoms in total. The van der Waals surface area contributed by atoms with Gasteiger partial charge in [-0.25, -0.2) is 0 Å². The fourth-order valence-corrected chi connectivity index (χ4v) is 0.980. The average Bonchev–Trinajstić information content (AvgIpc) is 2.20. The molecule has 0 fully saturated rings. The minimum absolute atomic E-state index is 0.327. The highest BCUT2D eigenvalue weighted by molar-refractivity contribution is 5.66. The lowest BCUT2D eigenvalue weighted by Gasteiger charge is -1.89. The van der Waals surface area contributed by atoms with E-state index >= 15 is 0 Å². The summed E-state index contributed by atoms with van der Waals surface area (Å²) in [5.74, 6) is -0.682. The lowest BCUT2D eigenvalue weighted by Crippen LogP contribution is -1.92. The molecule has 0 saturated heterocycles. The van der Waals surface area contributed by atoms with Crippen LogP contribution in [0.5, 0.6) is 0 Å². The van der Waals surface area contributed by atoms with Crippen molar-refractivity contribution >= 4 is 5.97 Å². The van der Waals surface area contributed by atoms with E-state index in [1.807, 2.05) is 0 Å². The first-order valence-electron chi connectivity index (χ1n) is 5.77. The molecular weight excluding hydrogens is 190 g/mol. The highest BCUT2D eigenvalue weighted by Crippen LogP contribution is 1.97. The zero-order chi connectivity index (χ0) is 11.9. The van der Waals surface area contributed by atoms with E-state index in [0.29, 0.717) is 6.42 Å². The molecule has 0 aliphatic rings. The predicted molar refractivity (Wildman–Crippen MR) is 61.5 cm³/mol. The Kier molecular flexibility index (Phi) is 16.9. The summed E-state index contributed by atoms with van der Waals surface area (Å²) >= 11 is 0. The van der Waals surface area contributed by atoms with E-state index in [9.17, 15) is 4.79 Å². The van der Waals surface area contributed by atoms with Crippen LogP contribution in [0.3, 0.4) is 0 Å². The van der Waals surface area contributed by atoms with Crippen molar-refractivity contribution in [2.24, 2.45) is 0 Å². The summed E-state index contributed by atoms with van der Waals surface area (Å²) in [6, 6.07) is 2.10. The van der Waals surface area contributed by atoms with Crippen LogP contribution >= 0.6 is 0 Å². The predicted octanol–water partition coefficient (Wildman–Crippen LogP) is 3.74. The Bertz CT molecular complexity index is 173. The summed E-state index contributed by atoms with van der Waals surface area (Å²) in [6.07, 6.45) is 7.50. The summed E-state index contributed by atoms with van der Waals surface area (Å²) in [4.78, 5) is 9.87. The second-order valence-corrected chi connectivity index (χ2v) is 3.47. The number of unbranched alkanes of at least 4 members (excludes halogenated alkanes) is 5. The summed E-state index contributed by atoms with van der Waals surface area (Å²) in [6.45, 7) is 4.19. The van der Waals surface area contributed by atoms with Gasteiger partial charge in [-0.05, 0) is 12.8 Å². The van der Waals surface area contributed by atoms with Gasteiger partial charge in [0, 0.05) is 12.8 Å². The van der Waals surface area contributed by atoms with Gasteiger partial charge in [-0.3, -0.25) is 4.79 Å². The SMILES string of the molecule is CCCCCC#N.CCCCCC(=O)O. The molecule has 0 radical (unpaired) electrons. The number of rotatable bonds is 7. The Morgan fingerprint density at radius 1 is 1.13 bits per heavy atom. The van der Waals surface area contributed by atoms with Gasteiger partial charge in [-0.1, -0.05) is 39.5 Å². The van der Waals surface area contributed by atoms with E-state index in [4.69, 9.17) is 10.4 Å². The number of carboxylic acids is 1. The third-order valence-electron chi connectivity index (χ3n) is 1.89. The van der Waals surface area contributed by atoms with Gasteiger partial charge in [0.1, 0.15) is 0 Å². The molecular formula is C12H23NO2. The maximum absolute atomic E-state index is 9.87. The van der Waals surface area contributed by atoms with Crippen LogP contribution in [0.4, 0.5) is 0 Å². The highest BCUT2D eigenvalue weighted by atomic mass is 16.4. The van der Waals surface area contributed by atoms with Gasteiger partial charge in [-0.15, -0.1) is 0 Å². The van der Waals surface area contributed by atoms with Crippen LogP contribution in [0.15, 0.2) is 0 Å². The van der Waals surface area contributed by atoms with Crippen LogP contribution in [-0.4, -0.2) is 11.1 Å². The molecule has 0 bridgehead atoms. The number of hydrogen-bond donors (Lipinski definition) is 1. The van der Waals surface area contributed by atoms with Crippen LogP contribution < -0.4 is 0 Å². The van der Waals surface area contributed by atoms with E-state index in [2.05, 4.69) is 19.9 Å². The molecule has 0 saturated carbocycles. The first-order valence-corrected chi connectivity index (χ1v) is 5.77. The second-order valence-electron chi connectivity index (χ2n) is 3.47. The molecule has 1 N–H and O–H groups in total. The van der Waals surface area contributed by atoms with Crippen LogP contribution in [0.25, 0.3) is 0 Å². The summed E-state index contributed by atoms with van der Waals surface area (Å²) < 4.78 is 0. The van der Waals surface area contributed by atoms with Crippen LogP contribution in [0, 0.1) is 11.3 Å². The van der Waals surface area contributed by atoms with Gasteiger partial charge < -0.3 is 5.11 Å². The third kappa shape index (κ3) is 24.6. The fraction of sp³-hybridized carbons (Fsp3) is 0.833. The van der Waals surface area contributed by atoms with Crippen LogP contribution in [0.1, 0.15) is 65.2 Å². The molecule has 0 aliphatic heterocycles. The Hall–Kier alpha value is -1.04. The lowest BCUT2D eigenvalue weighted by atomic mass is 10.2. The van der Waals surface area contributed by atoms with Crippen molar-refractivity contribution in [2.75, 3.05) is 0 Å². The molecule has 0 rings (SSSR count). The van der Waals surface area contributed by atoms with E-state index < -0.39 is 5.97 Å². The third-order valence-corrected chi connectivity index (χ3v) is 1.89. The van der Waals surface area contributed by atoms with E-state index in [1.165, 1.54) is 12.8 Å². The van der Waals surface area contributed by atoms with Crippen molar-refractivity contribution in [1.82, 2.24) is 0 Å². The number of nitrogens with zero attached hydrogens (tertiary/aromatic N) is 1. The molecule has 0 aromatic heterocycles. The first-order chi connectivity index (χ1) is 7.18. The molecule has 15 heavy (non-hydrogen) atoms. The molecule has 0 amide bonds. The van der Waals surface area contributed by atoms with Gasteiger partial charge in [0.05, 0.1) is 6.07 Å². The fourth-order valence-electron chi connectivity index (χ4n) is 0.980. The number of nitriles is 1. The van der Waals surface area contributed by atoms with Gasteiger partial charge in [0.15, 0.2) is 0 Å². The molecule has 0 aromatic carbocycles. The Morgan fingerprint density at radius 2 is 1.67 bits per heavy atom. The quantitative estimate of drug-likeness (QED) is 0.655. The molecule has 0 aliphatic carbocycles. The van der Waals surface area contributed by atoms with Gasteiger partial charge in [-0.2, -0.15) is 5.26 Å². The maximum Gasteiger partial charge on any atom is 0.303 e. The van der Waals surface area contributed by atoms with Crippen LogP contribution in [0.2, 0.25) is 0 Å². The first kappa shape index (κ1) is 16.4. The van der Waals surface area contributed by atoms with Crippen molar-refractivity contribution in [3.05, 3.63) is 0 Å². The zero-order valence-electron chi connectivity index (χ0n) is 9.96. The average molecular weight is 213 g/mol. The largest absolute Gasteiger partial charge is 0.481 e. The maximum atomic E-state index is 9.87. The molecule has 0 heterocycles. The van der Waals surface area contributed by atoms with Crippen LogP contribution in [-0.2, 0) is 4.79 Å². The molecule has 0 spiro atoms. The lowest BCUT2D eigenvalue weighted by molar-refractivity contribution is -0.137. The minimum atomic E-state index is -0.682. The van der Waals surface area contributed by atoms with Gasteiger partial charge in [0.25, 0.3) is 0 Å². The highest BCUT2D eigenvalue weighted by Gasteiger charge is 1.92. The normalized spacial score (nSPS) is 8.60. The topological polar surface area (TPSA) is 61.1 Å².